The monoisotopic (exact) mass is 339 g/mol. The molecule has 4 atom stereocenters. The molecule has 128 valence electrons. The topological polar surface area (TPSA) is 110 Å². The predicted octanol–water partition coefficient (Wildman–Crippen LogP) is 1.34. The molecule has 2 aliphatic rings. The average Bonchev–Trinajstić information content (AvgIpc) is 3.29. The Balaban J connectivity index is 1.56. The molecule has 2 N–H and O–H groups in total. The van der Waals surface area contributed by atoms with Gasteiger partial charge in [-0.3, -0.25) is 9.59 Å². The number of nitrogens with zero attached hydrogens (tertiary/aromatic N) is 4. The Morgan fingerprint density at radius 2 is 2.00 bits per heavy atom. The number of tetrazole rings is 1. The number of aromatic nitrogens is 4. The quantitative estimate of drug-likeness (QED) is 0.813. The molecule has 0 aliphatic heterocycles. The highest BCUT2D eigenvalue weighted by Crippen LogP contribution is 2.48. The first-order valence-corrected chi connectivity index (χ1v) is 8.09. The van der Waals surface area contributed by atoms with Crippen LogP contribution in [0.5, 0.6) is 0 Å². The van der Waals surface area contributed by atoms with Gasteiger partial charge in [-0.1, -0.05) is 24.3 Å². The van der Waals surface area contributed by atoms with Gasteiger partial charge in [0.25, 0.3) is 0 Å². The third-order valence-corrected chi connectivity index (χ3v) is 5.06. The molecule has 4 rings (SSSR count). The minimum atomic E-state index is -0.907. The smallest absolute Gasteiger partial charge is 0.307 e. The fourth-order valence-corrected chi connectivity index (χ4v) is 3.95. The van der Waals surface area contributed by atoms with Crippen LogP contribution in [0.25, 0.3) is 11.4 Å². The highest BCUT2D eigenvalue weighted by molar-refractivity contribution is 5.96. The SMILES string of the molecule is Cn1nnnc1-c1cccc(NC(=O)C2C3C=CC(C3)C2C(=O)O)c1. The lowest BCUT2D eigenvalue weighted by molar-refractivity contribution is -0.146. The third kappa shape index (κ3) is 2.59. The van der Waals surface area contributed by atoms with E-state index in [4.69, 9.17) is 0 Å². The normalized spacial score (nSPS) is 26.8. The number of aryl methyl sites for hydroxylation is 1. The van der Waals surface area contributed by atoms with Crippen LogP contribution in [0.1, 0.15) is 6.42 Å². The molecule has 25 heavy (non-hydrogen) atoms. The van der Waals surface area contributed by atoms with E-state index in [1.165, 1.54) is 0 Å². The average molecular weight is 339 g/mol. The molecule has 1 saturated carbocycles. The first-order chi connectivity index (χ1) is 12.0. The number of fused-ring (bicyclic) bond motifs is 2. The summed E-state index contributed by atoms with van der Waals surface area (Å²) in [6, 6.07) is 7.20. The summed E-state index contributed by atoms with van der Waals surface area (Å²) in [6.07, 6.45) is 4.63. The van der Waals surface area contributed by atoms with E-state index < -0.39 is 17.8 Å². The van der Waals surface area contributed by atoms with Gasteiger partial charge in [-0.25, -0.2) is 4.68 Å². The van der Waals surface area contributed by atoms with Crippen molar-refractivity contribution in [2.75, 3.05) is 5.32 Å². The number of nitrogens with one attached hydrogen (secondary N) is 1. The van der Waals surface area contributed by atoms with Gasteiger partial charge in [0.05, 0.1) is 11.8 Å². The van der Waals surface area contributed by atoms with Crippen molar-refractivity contribution in [1.82, 2.24) is 20.2 Å². The Kier molecular flexibility index (Phi) is 3.60. The third-order valence-electron chi connectivity index (χ3n) is 5.06. The second-order valence-electron chi connectivity index (χ2n) is 6.53. The standard InChI is InChI=1S/C17H17N5O3/c1-22-15(19-20-21-22)11-3-2-4-12(8-11)18-16(23)13-9-5-6-10(7-9)14(13)17(24)25/h2-6,8-10,13-14H,7H2,1H3,(H,18,23)(H,24,25). The van der Waals surface area contributed by atoms with Crippen LogP contribution < -0.4 is 5.32 Å². The number of allylic oxidation sites excluding steroid dienone is 2. The van der Waals surface area contributed by atoms with Crippen molar-refractivity contribution in [2.45, 2.75) is 6.42 Å². The van der Waals surface area contributed by atoms with Crippen LogP contribution in [-0.4, -0.2) is 37.2 Å². The molecule has 8 heteroatoms. The number of carbonyl (C=O) groups excluding carboxylic acids is 1. The molecule has 1 fully saturated rings. The maximum absolute atomic E-state index is 12.7. The Morgan fingerprint density at radius 1 is 1.24 bits per heavy atom. The van der Waals surface area contributed by atoms with Gasteiger partial charge in [0.15, 0.2) is 5.82 Å². The fourth-order valence-electron chi connectivity index (χ4n) is 3.95. The van der Waals surface area contributed by atoms with Crippen molar-refractivity contribution in [3.8, 4) is 11.4 Å². The summed E-state index contributed by atoms with van der Waals surface area (Å²) in [7, 11) is 1.74. The summed E-state index contributed by atoms with van der Waals surface area (Å²) in [5, 5.41) is 23.7. The zero-order valence-electron chi connectivity index (χ0n) is 13.5. The number of carboxylic acid groups (broad SMARTS) is 1. The van der Waals surface area contributed by atoms with Gasteiger partial charge >= 0.3 is 5.97 Å². The van der Waals surface area contributed by atoms with Crippen LogP contribution in [0.3, 0.4) is 0 Å². The van der Waals surface area contributed by atoms with Crippen molar-refractivity contribution < 1.29 is 14.7 Å². The molecular weight excluding hydrogens is 322 g/mol. The Hall–Kier alpha value is -3.03. The second-order valence-corrected chi connectivity index (χ2v) is 6.53. The Labute approximate surface area is 143 Å². The summed E-state index contributed by atoms with van der Waals surface area (Å²) in [6.45, 7) is 0. The van der Waals surface area contributed by atoms with Crippen LogP contribution in [0.2, 0.25) is 0 Å². The summed E-state index contributed by atoms with van der Waals surface area (Å²) in [4.78, 5) is 24.3. The van der Waals surface area contributed by atoms with E-state index in [1.54, 1.807) is 29.9 Å². The van der Waals surface area contributed by atoms with Gasteiger partial charge in [-0.15, -0.1) is 5.10 Å². The molecule has 1 aromatic heterocycles. The van der Waals surface area contributed by atoms with Crippen LogP contribution in [0, 0.1) is 23.7 Å². The van der Waals surface area contributed by atoms with Gasteiger partial charge in [0.1, 0.15) is 0 Å². The molecule has 2 aromatic rings. The number of rotatable bonds is 4. The minimum absolute atomic E-state index is 0.00257. The molecule has 1 heterocycles. The number of carboxylic acids is 1. The Bertz CT molecular complexity index is 875. The summed E-state index contributed by atoms with van der Waals surface area (Å²) < 4.78 is 1.54. The number of anilines is 1. The number of carbonyl (C=O) groups is 2. The van der Waals surface area contributed by atoms with Crippen molar-refractivity contribution in [3.63, 3.8) is 0 Å². The first-order valence-electron chi connectivity index (χ1n) is 8.09. The summed E-state index contributed by atoms with van der Waals surface area (Å²) >= 11 is 0. The van der Waals surface area contributed by atoms with Gasteiger partial charge < -0.3 is 10.4 Å². The number of benzene rings is 1. The van der Waals surface area contributed by atoms with Crippen LogP contribution in [-0.2, 0) is 16.6 Å². The lowest BCUT2D eigenvalue weighted by Crippen LogP contribution is -2.36. The number of amides is 1. The van der Waals surface area contributed by atoms with Crippen molar-refractivity contribution >= 4 is 17.6 Å². The lowest BCUT2D eigenvalue weighted by atomic mass is 9.82. The maximum Gasteiger partial charge on any atom is 0.307 e. The summed E-state index contributed by atoms with van der Waals surface area (Å²) in [5.74, 6) is -1.81. The first kappa shape index (κ1) is 15.5. The van der Waals surface area contributed by atoms with Crippen LogP contribution >= 0.6 is 0 Å². The van der Waals surface area contributed by atoms with Gasteiger partial charge in [-0.05, 0) is 40.8 Å². The van der Waals surface area contributed by atoms with E-state index in [0.29, 0.717) is 11.5 Å². The molecule has 1 amide bonds. The molecule has 4 unspecified atom stereocenters. The zero-order chi connectivity index (χ0) is 17.6. The minimum Gasteiger partial charge on any atom is -0.481 e. The van der Waals surface area contributed by atoms with Gasteiger partial charge in [-0.2, -0.15) is 0 Å². The molecule has 2 aliphatic carbocycles. The van der Waals surface area contributed by atoms with Crippen LogP contribution in [0.4, 0.5) is 5.69 Å². The van der Waals surface area contributed by atoms with E-state index >= 15 is 0 Å². The molecule has 0 spiro atoms. The lowest BCUT2D eigenvalue weighted by Gasteiger charge is -2.23. The molecule has 1 aromatic carbocycles. The van der Waals surface area contributed by atoms with Crippen molar-refractivity contribution in [2.24, 2.45) is 30.7 Å². The molecule has 8 nitrogen and oxygen atoms in total. The summed E-state index contributed by atoms with van der Waals surface area (Å²) in [5.41, 5.74) is 1.37. The number of hydrogen-bond donors (Lipinski definition) is 2. The molecular formula is C17H17N5O3. The molecule has 2 bridgehead atoms. The highest BCUT2D eigenvalue weighted by atomic mass is 16.4. The van der Waals surface area contributed by atoms with Gasteiger partial charge in [0.2, 0.25) is 5.91 Å². The second kappa shape index (κ2) is 5.80. The van der Waals surface area contributed by atoms with Gasteiger partial charge in [0, 0.05) is 18.3 Å². The van der Waals surface area contributed by atoms with Crippen LogP contribution in [0.15, 0.2) is 36.4 Å². The van der Waals surface area contributed by atoms with E-state index in [0.717, 1.165) is 12.0 Å². The van der Waals surface area contributed by atoms with E-state index in [2.05, 4.69) is 20.8 Å². The van der Waals surface area contributed by atoms with E-state index in [-0.39, 0.29) is 17.7 Å². The fraction of sp³-hybridized carbons (Fsp3) is 0.353. The molecule has 0 radical (unpaired) electrons. The molecule has 0 saturated heterocycles. The Morgan fingerprint density at radius 3 is 2.68 bits per heavy atom. The number of hydrogen-bond acceptors (Lipinski definition) is 5. The number of aliphatic carboxylic acids is 1. The van der Waals surface area contributed by atoms with E-state index in [1.807, 2.05) is 18.2 Å². The van der Waals surface area contributed by atoms with E-state index in [9.17, 15) is 14.7 Å². The zero-order valence-corrected chi connectivity index (χ0v) is 13.5. The van der Waals surface area contributed by atoms with Crippen molar-refractivity contribution in [1.29, 1.82) is 0 Å². The largest absolute Gasteiger partial charge is 0.481 e. The highest BCUT2D eigenvalue weighted by Gasteiger charge is 2.51. The predicted molar refractivity (Wildman–Crippen MR) is 88.2 cm³/mol. The maximum atomic E-state index is 12.7. The van der Waals surface area contributed by atoms with Crippen molar-refractivity contribution in [3.05, 3.63) is 36.4 Å².